The number of imide groups is 2. The SMILES string of the molecule is O=C(O)CCCCCCCCCS(=O)c1cccc2c1C(=O)N(C1CCC(=O)NC1=O)C2=O. The van der Waals surface area contributed by atoms with E-state index in [9.17, 15) is 28.2 Å². The summed E-state index contributed by atoms with van der Waals surface area (Å²) >= 11 is 0. The van der Waals surface area contributed by atoms with E-state index in [0.717, 1.165) is 37.0 Å². The van der Waals surface area contributed by atoms with Gasteiger partial charge in [-0.2, -0.15) is 0 Å². The maximum atomic E-state index is 13.1. The molecule has 0 radical (unpaired) electrons. The van der Waals surface area contributed by atoms with Gasteiger partial charge in [0.15, 0.2) is 0 Å². The van der Waals surface area contributed by atoms with Crippen LogP contribution in [0.4, 0.5) is 0 Å². The van der Waals surface area contributed by atoms with Crippen LogP contribution in [0.5, 0.6) is 0 Å². The summed E-state index contributed by atoms with van der Waals surface area (Å²) in [4.78, 5) is 61.2. The Hall–Kier alpha value is -2.88. The van der Waals surface area contributed by atoms with Gasteiger partial charge in [0, 0.05) is 18.6 Å². The van der Waals surface area contributed by atoms with Crippen LogP contribution < -0.4 is 5.32 Å². The third kappa shape index (κ3) is 5.93. The number of piperidine rings is 1. The molecule has 1 aromatic carbocycles. The van der Waals surface area contributed by atoms with E-state index in [2.05, 4.69) is 5.32 Å². The van der Waals surface area contributed by atoms with Crippen LogP contribution >= 0.6 is 0 Å². The number of amides is 4. The summed E-state index contributed by atoms with van der Waals surface area (Å²) in [6.45, 7) is 0. The van der Waals surface area contributed by atoms with Gasteiger partial charge >= 0.3 is 5.97 Å². The maximum Gasteiger partial charge on any atom is 0.303 e. The fourth-order valence-corrected chi connectivity index (χ4v) is 5.52. The second-order valence-electron chi connectivity index (χ2n) is 8.29. The molecule has 178 valence electrons. The predicted octanol–water partition coefficient (Wildman–Crippen LogP) is 2.40. The van der Waals surface area contributed by atoms with Crippen molar-refractivity contribution in [2.45, 2.75) is 75.1 Å². The largest absolute Gasteiger partial charge is 0.481 e. The van der Waals surface area contributed by atoms with Crippen LogP contribution in [0.25, 0.3) is 0 Å². The highest BCUT2D eigenvalue weighted by Gasteiger charge is 2.45. The highest BCUT2D eigenvalue weighted by Crippen LogP contribution is 2.31. The standard InChI is InChI=1S/C23H28N2O7S/c26-18-13-12-16(21(29)24-18)25-22(30)15-9-8-10-17(20(15)23(25)31)33(32)14-7-5-3-1-2-4-6-11-19(27)28/h8-10,16H,1-7,11-14H2,(H,27,28)(H,24,26,29). The van der Waals surface area contributed by atoms with Gasteiger partial charge < -0.3 is 5.11 Å². The third-order valence-electron chi connectivity index (χ3n) is 5.90. The Morgan fingerprint density at radius 2 is 1.67 bits per heavy atom. The number of carboxylic acids is 1. The number of carbonyl (C=O) groups is 5. The quantitative estimate of drug-likeness (QED) is 0.349. The lowest BCUT2D eigenvalue weighted by atomic mass is 10.0. The second kappa shape index (κ2) is 11.3. The van der Waals surface area contributed by atoms with Crippen molar-refractivity contribution in [3.05, 3.63) is 29.3 Å². The number of fused-ring (bicyclic) bond motifs is 1. The molecule has 1 aromatic rings. The minimum Gasteiger partial charge on any atom is -0.481 e. The first-order valence-electron chi connectivity index (χ1n) is 11.3. The van der Waals surface area contributed by atoms with Gasteiger partial charge in [0.05, 0.1) is 26.8 Å². The molecule has 10 heteroatoms. The zero-order valence-electron chi connectivity index (χ0n) is 18.3. The maximum absolute atomic E-state index is 13.1. The van der Waals surface area contributed by atoms with Crippen LogP contribution in [0.15, 0.2) is 23.1 Å². The lowest BCUT2D eigenvalue weighted by molar-refractivity contribution is -0.138. The molecule has 2 N–H and O–H groups in total. The molecule has 0 spiro atoms. The minimum absolute atomic E-state index is 0.0438. The Balaban J connectivity index is 1.55. The summed E-state index contributed by atoms with van der Waals surface area (Å²) in [7, 11) is -1.47. The number of hydrogen-bond donors (Lipinski definition) is 2. The van der Waals surface area contributed by atoms with Crippen molar-refractivity contribution in [2.24, 2.45) is 0 Å². The van der Waals surface area contributed by atoms with Crippen molar-refractivity contribution in [3.63, 3.8) is 0 Å². The monoisotopic (exact) mass is 476 g/mol. The molecule has 2 aliphatic rings. The van der Waals surface area contributed by atoms with Gasteiger partial charge in [0.2, 0.25) is 11.8 Å². The fraction of sp³-hybridized carbons (Fsp3) is 0.522. The molecule has 33 heavy (non-hydrogen) atoms. The normalized spacial score (nSPS) is 18.9. The van der Waals surface area contributed by atoms with Crippen LogP contribution in [0.2, 0.25) is 0 Å². The van der Waals surface area contributed by atoms with Crippen molar-refractivity contribution in [2.75, 3.05) is 5.75 Å². The molecule has 3 rings (SSSR count). The molecule has 1 saturated heterocycles. The third-order valence-corrected chi connectivity index (χ3v) is 7.39. The van der Waals surface area contributed by atoms with E-state index in [1.54, 1.807) is 12.1 Å². The van der Waals surface area contributed by atoms with Crippen LogP contribution in [-0.2, 0) is 25.2 Å². The molecular weight excluding hydrogens is 448 g/mol. The summed E-state index contributed by atoms with van der Waals surface area (Å²) in [5.41, 5.74) is 0.223. The number of carbonyl (C=O) groups excluding carboxylic acids is 4. The summed E-state index contributed by atoms with van der Waals surface area (Å²) < 4.78 is 12.9. The van der Waals surface area contributed by atoms with Gasteiger partial charge in [-0.25, -0.2) is 0 Å². The summed E-state index contributed by atoms with van der Waals surface area (Å²) in [5, 5.41) is 10.8. The number of benzene rings is 1. The first-order chi connectivity index (χ1) is 15.8. The molecule has 2 unspecified atom stereocenters. The number of nitrogens with one attached hydrogen (secondary N) is 1. The second-order valence-corrected chi connectivity index (χ2v) is 9.83. The summed E-state index contributed by atoms with van der Waals surface area (Å²) in [6.07, 6.45) is 6.36. The van der Waals surface area contributed by atoms with Crippen molar-refractivity contribution < 1.29 is 33.3 Å². The zero-order chi connectivity index (χ0) is 24.0. The molecule has 9 nitrogen and oxygen atoms in total. The number of hydrogen-bond acceptors (Lipinski definition) is 6. The predicted molar refractivity (Wildman–Crippen MR) is 119 cm³/mol. The van der Waals surface area contributed by atoms with E-state index in [1.807, 2.05) is 0 Å². The van der Waals surface area contributed by atoms with E-state index in [1.165, 1.54) is 6.07 Å². The smallest absolute Gasteiger partial charge is 0.303 e. The Bertz CT molecular complexity index is 991. The minimum atomic E-state index is -1.47. The average molecular weight is 477 g/mol. The summed E-state index contributed by atoms with van der Waals surface area (Å²) in [5.74, 6) is -2.78. The number of aliphatic carboxylic acids is 1. The van der Waals surface area contributed by atoms with Crippen molar-refractivity contribution in [3.8, 4) is 0 Å². The highest BCUT2D eigenvalue weighted by molar-refractivity contribution is 7.85. The Kier molecular flexibility index (Phi) is 8.49. The Labute approximate surface area is 194 Å². The lowest BCUT2D eigenvalue weighted by Gasteiger charge is -2.27. The topological polar surface area (TPSA) is 138 Å². The molecule has 0 aliphatic carbocycles. The van der Waals surface area contributed by atoms with E-state index < -0.39 is 46.4 Å². The number of carboxylic acid groups (broad SMARTS) is 1. The van der Waals surface area contributed by atoms with Gasteiger partial charge in [-0.1, -0.05) is 38.2 Å². The molecule has 2 aliphatic heterocycles. The van der Waals surface area contributed by atoms with Crippen molar-refractivity contribution in [1.82, 2.24) is 10.2 Å². The molecular formula is C23H28N2O7S. The van der Waals surface area contributed by atoms with Crippen molar-refractivity contribution in [1.29, 1.82) is 0 Å². The van der Waals surface area contributed by atoms with Crippen LogP contribution in [0.3, 0.4) is 0 Å². The number of nitrogens with zero attached hydrogens (tertiary/aromatic N) is 1. The molecule has 2 atom stereocenters. The molecule has 0 aromatic heterocycles. The van der Waals surface area contributed by atoms with E-state index in [0.29, 0.717) is 23.5 Å². The van der Waals surface area contributed by atoms with Gasteiger partial charge in [0.1, 0.15) is 6.04 Å². The first kappa shape index (κ1) is 24.8. The highest BCUT2D eigenvalue weighted by atomic mass is 32.2. The Morgan fingerprint density at radius 1 is 1.00 bits per heavy atom. The van der Waals surface area contributed by atoms with Gasteiger partial charge in [0.25, 0.3) is 11.8 Å². The van der Waals surface area contributed by atoms with E-state index in [4.69, 9.17) is 5.11 Å². The zero-order valence-corrected chi connectivity index (χ0v) is 19.2. The molecule has 0 saturated carbocycles. The van der Waals surface area contributed by atoms with Crippen LogP contribution in [-0.4, -0.2) is 55.6 Å². The average Bonchev–Trinajstić information content (AvgIpc) is 3.02. The number of rotatable bonds is 12. The lowest BCUT2D eigenvalue weighted by Crippen LogP contribution is -2.54. The van der Waals surface area contributed by atoms with Gasteiger partial charge in [-0.15, -0.1) is 0 Å². The van der Waals surface area contributed by atoms with E-state index >= 15 is 0 Å². The van der Waals surface area contributed by atoms with Gasteiger partial charge in [-0.3, -0.25) is 38.4 Å². The van der Waals surface area contributed by atoms with Gasteiger partial charge in [-0.05, 0) is 31.4 Å². The fourth-order valence-electron chi connectivity index (χ4n) is 4.18. The Morgan fingerprint density at radius 3 is 2.33 bits per heavy atom. The van der Waals surface area contributed by atoms with Crippen LogP contribution in [0.1, 0.15) is 84.9 Å². The van der Waals surface area contributed by atoms with Crippen LogP contribution in [0, 0.1) is 0 Å². The molecule has 1 fully saturated rings. The van der Waals surface area contributed by atoms with Crippen molar-refractivity contribution >= 4 is 40.4 Å². The molecule has 2 heterocycles. The first-order valence-corrected chi connectivity index (χ1v) is 12.6. The van der Waals surface area contributed by atoms with E-state index in [-0.39, 0.29) is 30.4 Å². The summed E-state index contributed by atoms with van der Waals surface area (Å²) in [6, 6.07) is 3.61. The molecule has 0 bridgehead atoms. The molecule has 4 amide bonds. The number of unbranched alkanes of at least 4 members (excludes halogenated alkanes) is 6.